The molecule has 1 aromatic carbocycles. The topological polar surface area (TPSA) is 61.6 Å². The number of carbonyl (C=O) groups excluding carboxylic acids is 1. The number of benzene rings is 1. The molecule has 5 heteroatoms. The molecule has 118 valence electrons. The van der Waals surface area contributed by atoms with Crippen molar-refractivity contribution in [3.05, 3.63) is 23.8 Å². The van der Waals surface area contributed by atoms with E-state index in [0.717, 1.165) is 25.2 Å². The van der Waals surface area contributed by atoms with Crippen molar-refractivity contribution in [2.24, 2.45) is 0 Å². The van der Waals surface area contributed by atoms with Crippen molar-refractivity contribution in [2.75, 3.05) is 45.3 Å². The fourth-order valence-electron chi connectivity index (χ4n) is 1.91. The molecule has 0 spiro atoms. The van der Waals surface area contributed by atoms with Gasteiger partial charge in [0, 0.05) is 32.2 Å². The van der Waals surface area contributed by atoms with E-state index in [9.17, 15) is 4.79 Å². The number of carbonyl (C=O) groups is 1. The number of nitrogens with zero attached hydrogens (tertiary/aromatic N) is 2. The summed E-state index contributed by atoms with van der Waals surface area (Å²) in [5.74, 6) is -0.0161. The Hall–Kier alpha value is -1.75. The molecule has 0 saturated heterocycles. The summed E-state index contributed by atoms with van der Waals surface area (Å²) in [6.07, 6.45) is 1.03. The molecule has 3 N–H and O–H groups in total. The first-order chi connectivity index (χ1) is 9.82. The van der Waals surface area contributed by atoms with E-state index < -0.39 is 0 Å². The Kier molecular flexibility index (Phi) is 6.49. The van der Waals surface area contributed by atoms with Gasteiger partial charge in [-0.25, -0.2) is 0 Å². The van der Waals surface area contributed by atoms with Crippen LogP contribution >= 0.6 is 0 Å². The summed E-state index contributed by atoms with van der Waals surface area (Å²) >= 11 is 0. The van der Waals surface area contributed by atoms with Gasteiger partial charge in [-0.3, -0.25) is 4.79 Å². The van der Waals surface area contributed by atoms with Gasteiger partial charge < -0.3 is 20.9 Å². The Balaban J connectivity index is 2.59. The van der Waals surface area contributed by atoms with Crippen LogP contribution in [0.15, 0.2) is 18.2 Å². The number of nitrogens with one attached hydrogen (secondary N) is 1. The van der Waals surface area contributed by atoms with E-state index in [1.54, 1.807) is 31.1 Å². The standard InChI is InChI=1S/C16H28N4O/c1-12(2)20(5)10-6-9-18-15-11-13(7-8-14(15)17)16(21)19(3)4/h7-8,11-12,18H,6,9-10,17H2,1-5H3. The lowest BCUT2D eigenvalue weighted by molar-refractivity contribution is 0.0827. The first-order valence-electron chi connectivity index (χ1n) is 7.38. The summed E-state index contributed by atoms with van der Waals surface area (Å²) in [7, 11) is 5.61. The highest BCUT2D eigenvalue weighted by Gasteiger charge is 2.10. The average Bonchev–Trinajstić information content (AvgIpc) is 2.43. The smallest absolute Gasteiger partial charge is 0.253 e. The van der Waals surface area contributed by atoms with Crippen LogP contribution in [0, 0.1) is 0 Å². The highest BCUT2D eigenvalue weighted by atomic mass is 16.2. The van der Waals surface area contributed by atoms with E-state index in [1.165, 1.54) is 0 Å². The van der Waals surface area contributed by atoms with Crippen LogP contribution in [-0.4, -0.2) is 56.0 Å². The number of amides is 1. The van der Waals surface area contributed by atoms with Crippen molar-refractivity contribution in [2.45, 2.75) is 26.3 Å². The molecule has 0 radical (unpaired) electrons. The first kappa shape index (κ1) is 17.3. The predicted octanol–water partition coefficient (Wildman–Crippen LogP) is 2.11. The van der Waals surface area contributed by atoms with Crippen molar-refractivity contribution in [1.29, 1.82) is 0 Å². The molecule has 0 aliphatic heterocycles. The molecule has 0 aromatic heterocycles. The van der Waals surface area contributed by atoms with E-state index >= 15 is 0 Å². The van der Waals surface area contributed by atoms with Gasteiger partial charge in [0.15, 0.2) is 0 Å². The Morgan fingerprint density at radius 3 is 2.52 bits per heavy atom. The van der Waals surface area contributed by atoms with Crippen LogP contribution in [0.5, 0.6) is 0 Å². The Morgan fingerprint density at radius 2 is 1.95 bits per heavy atom. The van der Waals surface area contributed by atoms with Crippen LogP contribution < -0.4 is 11.1 Å². The monoisotopic (exact) mass is 292 g/mol. The quantitative estimate of drug-likeness (QED) is 0.597. The first-order valence-corrected chi connectivity index (χ1v) is 7.38. The van der Waals surface area contributed by atoms with Crippen LogP contribution in [0.25, 0.3) is 0 Å². The molecule has 0 fully saturated rings. The van der Waals surface area contributed by atoms with Gasteiger partial charge in [-0.05, 0) is 52.1 Å². The van der Waals surface area contributed by atoms with Crippen molar-refractivity contribution in [3.8, 4) is 0 Å². The maximum absolute atomic E-state index is 12.0. The number of hydrogen-bond donors (Lipinski definition) is 2. The Labute approximate surface area is 128 Å². The summed E-state index contributed by atoms with van der Waals surface area (Å²) in [4.78, 5) is 15.8. The maximum Gasteiger partial charge on any atom is 0.253 e. The van der Waals surface area contributed by atoms with Gasteiger partial charge in [0.25, 0.3) is 5.91 Å². The van der Waals surface area contributed by atoms with Crippen LogP contribution in [0.2, 0.25) is 0 Å². The Bertz CT molecular complexity index is 471. The van der Waals surface area contributed by atoms with Crippen LogP contribution in [0.3, 0.4) is 0 Å². The zero-order chi connectivity index (χ0) is 16.0. The predicted molar refractivity (Wildman–Crippen MR) is 89.7 cm³/mol. The fraction of sp³-hybridized carbons (Fsp3) is 0.562. The Morgan fingerprint density at radius 1 is 1.29 bits per heavy atom. The molecule has 0 bridgehead atoms. The van der Waals surface area contributed by atoms with E-state index in [1.807, 2.05) is 6.07 Å². The second-order valence-electron chi connectivity index (χ2n) is 5.86. The average molecular weight is 292 g/mol. The van der Waals surface area contributed by atoms with E-state index in [2.05, 4.69) is 31.1 Å². The summed E-state index contributed by atoms with van der Waals surface area (Å²) in [5.41, 5.74) is 8.10. The number of anilines is 2. The second-order valence-corrected chi connectivity index (χ2v) is 5.86. The third-order valence-corrected chi connectivity index (χ3v) is 3.59. The summed E-state index contributed by atoms with van der Waals surface area (Å²) in [6.45, 7) is 6.23. The molecular formula is C16H28N4O. The molecule has 0 aliphatic rings. The van der Waals surface area contributed by atoms with Gasteiger partial charge in [-0.2, -0.15) is 0 Å². The van der Waals surface area contributed by atoms with Crippen molar-refractivity contribution in [3.63, 3.8) is 0 Å². The van der Waals surface area contributed by atoms with Crippen molar-refractivity contribution >= 4 is 17.3 Å². The van der Waals surface area contributed by atoms with Gasteiger partial charge in [0.2, 0.25) is 0 Å². The molecule has 0 saturated carbocycles. The highest BCUT2D eigenvalue weighted by molar-refractivity contribution is 5.95. The molecule has 0 aliphatic carbocycles. The van der Waals surface area contributed by atoms with Crippen LogP contribution in [0.1, 0.15) is 30.6 Å². The van der Waals surface area contributed by atoms with E-state index in [0.29, 0.717) is 17.3 Å². The van der Waals surface area contributed by atoms with Crippen molar-refractivity contribution in [1.82, 2.24) is 9.80 Å². The summed E-state index contributed by atoms with van der Waals surface area (Å²) in [6, 6.07) is 5.91. The second kappa shape index (κ2) is 7.88. The van der Waals surface area contributed by atoms with Gasteiger partial charge in [0.05, 0.1) is 11.4 Å². The SMILES string of the molecule is CC(C)N(C)CCCNc1cc(C(=O)N(C)C)ccc1N. The number of hydrogen-bond acceptors (Lipinski definition) is 4. The molecule has 1 amide bonds. The molecule has 21 heavy (non-hydrogen) atoms. The molecule has 1 aromatic rings. The van der Waals surface area contributed by atoms with Gasteiger partial charge >= 0.3 is 0 Å². The van der Waals surface area contributed by atoms with Gasteiger partial charge in [-0.15, -0.1) is 0 Å². The molecule has 0 unspecified atom stereocenters. The lowest BCUT2D eigenvalue weighted by Gasteiger charge is -2.21. The lowest BCUT2D eigenvalue weighted by Crippen LogP contribution is -2.28. The minimum absolute atomic E-state index is 0.0161. The zero-order valence-electron chi connectivity index (χ0n) is 13.8. The maximum atomic E-state index is 12.0. The number of nitrogen functional groups attached to an aromatic ring is 1. The summed E-state index contributed by atoms with van der Waals surface area (Å²) in [5, 5.41) is 3.32. The number of rotatable bonds is 7. The van der Waals surface area contributed by atoms with Gasteiger partial charge in [0.1, 0.15) is 0 Å². The largest absolute Gasteiger partial charge is 0.397 e. The zero-order valence-corrected chi connectivity index (χ0v) is 13.8. The van der Waals surface area contributed by atoms with E-state index in [-0.39, 0.29) is 5.91 Å². The van der Waals surface area contributed by atoms with Crippen molar-refractivity contribution < 1.29 is 4.79 Å². The normalized spacial score (nSPS) is 11.0. The molecular weight excluding hydrogens is 264 g/mol. The highest BCUT2D eigenvalue weighted by Crippen LogP contribution is 2.20. The number of nitrogens with two attached hydrogens (primary N) is 1. The van der Waals surface area contributed by atoms with Gasteiger partial charge in [-0.1, -0.05) is 0 Å². The molecule has 5 nitrogen and oxygen atoms in total. The van der Waals surface area contributed by atoms with E-state index in [4.69, 9.17) is 5.73 Å². The molecule has 1 rings (SSSR count). The molecule has 0 heterocycles. The third-order valence-electron chi connectivity index (χ3n) is 3.59. The fourth-order valence-corrected chi connectivity index (χ4v) is 1.91. The lowest BCUT2D eigenvalue weighted by atomic mass is 10.1. The summed E-state index contributed by atoms with van der Waals surface area (Å²) < 4.78 is 0. The van der Waals surface area contributed by atoms with Crippen LogP contribution in [0.4, 0.5) is 11.4 Å². The van der Waals surface area contributed by atoms with Crippen LogP contribution in [-0.2, 0) is 0 Å². The third kappa shape index (κ3) is 5.27. The molecule has 0 atom stereocenters. The minimum atomic E-state index is -0.0161. The minimum Gasteiger partial charge on any atom is -0.397 e.